The van der Waals surface area contributed by atoms with Crippen LogP contribution in [0.15, 0.2) is 34.4 Å². The van der Waals surface area contributed by atoms with Crippen LogP contribution in [-0.4, -0.2) is 24.8 Å². The molecular formula is C14H22N2O2. The van der Waals surface area contributed by atoms with Crippen molar-refractivity contribution in [3.63, 3.8) is 0 Å². The van der Waals surface area contributed by atoms with E-state index in [9.17, 15) is 5.11 Å². The molecule has 0 aliphatic heterocycles. The molecule has 1 N–H and O–H groups in total. The maximum absolute atomic E-state index is 9.93. The fraction of sp³-hybridized carbons (Fsp3) is 0.429. The Morgan fingerprint density at radius 1 is 1.33 bits per heavy atom. The van der Waals surface area contributed by atoms with Crippen molar-refractivity contribution < 1.29 is 9.94 Å². The second-order valence-electron chi connectivity index (χ2n) is 3.29. The number of aryl methyl sites for hydroxylation is 1. The Kier molecular flexibility index (Phi) is 8.49. The molecule has 100 valence electrons. The standard InChI is InChI=1S/C12H16N2O2.C2H6/c1-4-9-5-7-10(8-6-9)11(15)12(13-2)14-16-3;1-2/h5-8,11,15H,2,4H2,1,3H3;1-2H3/b14-12-;. The van der Waals surface area contributed by atoms with Gasteiger partial charge in [0.2, 0.25) is 5.84 Å². The minimum Gasteiger partial charge on any atom is -0.398 e. The Morgan fingerprint density at radius 3 is 2.28 bits per heavy atom. The van der Waals surface area contributed by atoms with Gasteiger partial charge in [0.1, 0.15) is 13.2 Å². The average molecular weight is 250 g/mol. The SMILES string of the molecule is C=N/C(=N\OC)C(O)c1ccc(CC)cc1.CC. The molecule has 0 bridgehead atoms. The topological polar surface area (TPSA) is 54.2 Å². The van der Waals surface area contributed by atoms with Crippen molar-refractivity contribution in [3.8, 4) is 0 Å². The number of aliphatic hydroxyl groups is 1. The summed E-state index contributed by atoms with van der Waals surface area (Å²) in [7, 11) is 1.40. The minimum atomic E-state index is -0.900. The third-order valence-electron chi connectivity index (χ3n) is 2.30. The highest BCUT2D eigenvalue weighted by molar-refractivity contribution is 5.90. The lowest BCUT2D eigenvalue weighted by Gasteiger charge is -2.10. The highest BCUT2D eigenvalue weighted by Crippen LogP contribution is 2.16. The smallest absolute Gasteiger partial charge is 0.200 e. The number of nitrogens with zero attached hydrogens (tertiary/aromatic N) is 2. The van der Waals surface area contributed by atoms with E-state index in [1.54, 1.807) is 0 Å². The minimum absolute atomic E-state index is 0.159. The molecule has 1 atom stereocenters. The second-order valence-corrected chi connectivity index (χ2v) is 3.29. The summed E-state index contributed by atoms with van der Waals surface area (Å²) >= 11 is 0. The van der Waals surface area contributed by atoms with Gasteiger partial charge in [-0.3, -0.25) is 0 Å². The second kappa shape index (κ2) is 9.36. The molecule has 0 aliphatic rings. The first kappa shape index (κ1) is 16.3. The first-order chi connectivity index (χ1) is 8.72. The predicted octanol–water partition coefficient (Wildman–Crippen LogP) is 2.97. The molecular weight excluding hydrogens is 228 g/mol. The Labute approximate surface area is 109 Å². The van der Waals surface area contributed by atoms with Gasteiger partial charge in [-0.1, -0.05) is 50.2 Å². The van der Waals surface area contributed by atoms with Crippen molar-refractivity contribution in [2.45, 2.75) is 33.3 Å². The molecule has 0 saturated heterocycles. The van der Waals surface area contributed by atoms with Crippen molar-refractivity contribution in [3.05, 3.63) is 35.4 Å². The number of amidine groups is 1. The molecule has 18 heavy (non-hydrogen) atoms. The molecule has 0 aromatic heterocycles. The van der Waals surface area contributed by atoms with E-state index in [1.165, 1.54) is 12.7 Å². The first-order valence-electron chi connectivity index (χ1n) is 6.07. The van der Waals surface area contributed by atoms with Crippen LogP contribution in [0, 0.1) is 0 Å². The van der Waals surface area contributed by atoms with Crippen LogP contribution >= 0.6 is 0 Å². The van der Waals surface area contributed by atoms with Crippen LogP contribution in [0.1, 0.15) is 38.0 Å². The summed E-state index contributed by atoms with van der Waals surface area (Å²) in [4.78, 5) is 8.20. The van der Waals surface area contributed by atoms with Crippen LogP contribution in [0.25, 0.3) is 0 Å². The van der Waals surface area contributed by atoms with Gasteiger partial charge in [0.15, 0.2) is 0 Å². The van der Waals surface area contributed by atoms with Crippen molar-refractivity contribution >= 4 is 12.6 Å². The van der Waals surface area contributed by atoms with E-state index in [-0.39, 0.29) is 5.84 Å². The van der Waals surface area contributed by atoms with Crippen molar-refractivity contribution in [2.24, 2.45) is 10.1 Å². The van der Waals surface area contributed by atoms with E-state index in [1.807, 2.05) is 38.1 Å². The highest BCUT2D eigenvalue weighted by Gasteiger charge is 2.14. The van der Waals surface area contributed by atoms with Gasteiger partial charge in [0.05, 0.1) is 0 Å². The molecule has 0 heterocycles. The molecule has 0 fully saturated rings. The molecule has 4 nitrogen and oxygen atoms in total. The summed E-state index contributed by atoms with van der Waals surface area (Å²) in [6.45, 7) is 9.42. The number of benzene rings is 1. The molecule has 0 amide bonds. The zero-order valence-electron chi connectivity index (χ0n) is 11.6. The number of hydrogen-bond acceptors (Lipinski definition) is 3. The van der Waals surface area contributed by atoms with Crippen LogP contribution in [-0.2, 0) is 11.3 Å². The zero-order chi connectivity index (χ0) is 14.0. The van der Waals surface area contributed by atoms with Crippen molar-refractivity contribution in [2.75, 3.05) is 7.11 Å². The molecule has 1 unspecified atom stereocenters. The van der Waals surface area contributed by atoms with Gasteiger partial charge in [0, 0.05) is 0 Å². The maximum atomic E-state index is 9.93. The number of aliphatic hydroxyl groups excluding tert-OH is 1. The van der Waals surface area contributed by atoms with E-state index >= 15 is 0 Å². The van der Waals surface area contributed by atoms with E-state index in [4.69, 9.17) is 0 Å². The van der Waals surface area contributed by atoms with E-state index in [0.29, 0.717) is 0 Å². The quantitative estimate of drug-likeness (QED) is 0.507. The van der Waals surface area contributed by atoms with Gasteiger partial charge in [-0.15, -0.1) is 0 Å². The van der Waals surface area contributed by atoms with Crippen LogP contribution in [0.4, 0.5) is 0 Å². The molecule has 1 rings (SSSR count). The van der Waals surface area contributed by atoms with Gasteiger partial charge < -0.3 is 9.94 Å². The Morgan fingerprint density at radius 2 is 1.89 bits per heavy atom. The molecule has 0 spiro atoms. The summed E-state index contributed by atoms with van der Waals surface area (Å²) in [6, 6.07) is 7.62. The number of aliphatic imine (C=N–C) groups is 1. The fourth-order valence-electron chi connectivity index (χ4n) is 1.34. The summed E-state index contributed by atoms with van der Waals surface area (Å²) in [6.07, 6.45) is 0.0677. The van der Waals surface area contributed by atoms with Gasteiger partial charge in [-0.05, 0) is 24.3 Å². The lowest BCUT2D eigenvalue weighted by Crippen LogP contribution is -2.10. The number of rotatable bonds is 4. The summed E-state index contributed by atoms with van der Waals surface area (Å²) in [5.74, 6) is 0.159. The van der Waals surface area contributed by atoms with E-state index in [0.717, 1.165) is 12.0 Å². The zero-order valence-corrected chi connectivity index (χ0v) is 11.6. The molecule has 4 heteroatoms. The molecule has 0 saturated carbocycles. The lowest BCUT2D eigenvalue weighted by molar-refractivity contribution is 0.194. The Bertz CT molecular complexity index is 372. The summed E-state index contributed by atoms with van der Waals surface area (Å²) in [5, 5.41) is 13.5. The normalized spacial score (nSPS) is 12.2. The van der Waals surface area contributed by atoms with E-state index in [2.05, 4.69) is 28.6 Å². The average Bonchev–Trinajstić information content (AvgIpc) is 2.46. The van der Waals surface area contributed by atoms with Crippen LogP contribution < -0.4 is 0 Å². The van der Waals surface area contributed by atoms with Crippen molar-refractivity contribution in [1.29, 1.82) is 0 Å². The summed E-state index contributed by atoms with van der Waals surface area (Å²) in [5.41, 5.74) is 1.94. The van der Waals surface area contributed by atoms with Crippen LogP contribution in [0.3, 0.4) is 0 Å². The van der Waals surface area contributed by atoms with Crippen molar-refractivity contribution in [1.82, 2.24) is 0 Å². The van der Waals surface area contributed by atoms with Gasteiger partial charge >= 0.3 is 0 Å². The van der Waals surface area contributed by atoms with E-state index < -0.39 is 6.10 Å². The third kappa shape index (κ3) is 4.67. The molecule has 1 aromatic carbocycles. The van der Waals surface area contributed by atoms with Crippen LogP contribution in [0.2, 0.25) is 0 Å². The fourth-order valence-corrected chi connectivity index (χ4v) is 1.34. The van der Waals surface area contributed by atoms with Gasteiger partial charge in [-0.2, -0.15) is 0 Å². The van der Waals surface area contributed by atoms with Gasteiger partial charge in [0.25, 0.3) is 0 Å². The third-order valence-corrected chi connectivity index (χ3v) is 2.30. The monoisotopic (exact) mass is 250 g/mol. The largest absolute Gasteiger partial charge is 0.398 e. The highest BCUT2D eigenvalue weighted by atomic mass is 16.6. The van der Waals surface area contributed by atoms with Crippen LogP contribution in [0.5, 0.6) is 0 Å². The predicted molar refractivity (Wildman–Crippen MR) is 76.1 cm³/mol. The van der Waals surface area contributed by atoms with Gasteiger partial charge in [-0.25, -0.2) is 4.99 Å². The lowest BCUT2D eigenvalue weighted by atomic mass is 10.1. The number of oxime groups is 1. The maximum Gasteiger partial charge on any atom is 0.200 e. The molecule has 0 aliphatic carbocycles. The molecule has 1 aromatic rings. The molecule has 0 radical (unpaired) electrons. The Hall–Kier alpha value is -1.68. The number of hydrogen-bond donors (Lipinski definition) is 1. The Balaban J connectivity index is 0.00000137. The summed E-state index contributed by atoms with van der Waals surface area (Å²) < 4.78 is 0. The first-order valence-corrected chi connectivity index (χ1v) is 6.07.